The van der Waals surface area contributed by atoms with Crippen LogP contribution in [0.15, 0.2) is 0 Å². The second-order valence-corrected chi connectivity index (χ2v) is 6.43. The van der Waals surface area contributed by atoms with Crippen LogP contribution < -0.4 is 5.32 Å². The maximum absolute atomic E-state index is 11.8. The number of amides is 1. The summed E-state index contributed by atoms with van der Waals surface area (Å²) in [6.45, 7) is 10.5. The molecule has 1 amide bonds. The first-order chi connectivity index (χ1) is 8.40. The molecule has 0 aliphatic heterocycles. The summed E-state index contributed by atoms with van der Waals surface area (Å²) in [5.41, 5.74) is 0.225. The molecule has 0 radical (unpaired) electrons. The molecule has 106 valence electrons. The lowest BCUT2D eigenvalue weighted by molar-refractivity contribution is -0.122. The van der Waals surface area contributed by atoms with Crippen LogP contribution in [-0.2, 0) is 4.79 Å². The summed E-state index contributed by atoms with van der Waals surface area (Å²) in [4.78, 5) is 14.2. The minimum Gasteiger partial charge on any atom is -0.355 e. The SMILES string of the molecule is CC(C)N(CCNC(=O)CC1(CS)CC1)C(C)C. The molecule has 0 bridgehead atoms. The monoisotopic (exact) mass is 272 g/mol. The summed E-state index contributed by atoms with van der Waals surface area (Å²) in [5.74, 6) is 1.03. The van der Waals surface area contributed by atoms with E-state index >= 15 is 0 Å². The first kappa shape index (κ1) is 15.8. The van der Waals surface area contributed by atoms with Crippen LogP contribution in [0, 0.1) is 5.41 Å². The molecule has 0 aromatic carbocycles. The third kappa shape index (κ3) is 4.81. The molecule has 1 N–H and O–H groups in total. The van der Waals surface area contributed by atoms with Gasteiger partial charge in [0, 0.05) is 31.6 Å². The first-order valence-electron chi connectivity index (χ1n) is 7.03. The summed E-state index contributed by atoms with van der Waals surface area (Å²) in [6, 6.07) is 1.04. The molecule has 0 aromatic heterocycles. The van der Waals surface area contributed by atoms with Crippen molar-refractivity contribution in [3.8, 4) is 0 Å². The zero-order valence-electron chi connectivity index (χ0n) is 12.2. The van der Waals surface area contributed by atoms with Crippen LogP contribution in [0.3, 0.4) is 0 Å². The number of thiol groups is 1. The van der Waals surface area contributed by atoms with E-state index in [2.05, 4.69) is 50.5 Å². The van der Waals surface area contributed by atoms with Crippen molar-refractivity contribution in [2.24, 2.45) is 5.41 Å². The summed E-state index contributed by atoms with van der Waals surface area (Å²) in [5, 5.41) is 3.04. The molecule has 1 rings (SSSR count). The molecule has 3 nitrogen and oxygen atoms in total. The van der Waals surface area contributed by atoms with Crippen LogP contribution in [0.5, 0.6) is 0 Å². The summed E-state index contributed by atoms with van der Waals surface area (Å²) < 4.78 is 0. The summed E-state index contributed by atoms with van der Waals surface area (Å²) >= 11 is 4.33. The van der Waals surface area contributed by atoms with Crippen LogP contribution in [0.25, 0.3) is 0 Å². The van der Waals surface area contributed by atoms with Crippen molar-refractivity contribution in [1.82, 2.24) is 10.2 Å². The van der Waals surface area contributed by atoms with Gasteiger partial charge in [0.05, 0.1) is 0 Å². The molecule has 4 heteroatoms. The fraction of sp³-hybridized carbons (Fsp3) is 0.929. The molecular formula is C14H28N2OS. The maximum Gasteiger partial charge on any atom is 0.220 e. The first-order valence-corrected chi connectivity index (χ1v) is 7.67. The highest BCUT2D eigenvalue weighted by Gasteiger charge is 2.42. The van der Waals surface area contributed by atoms with Crippen molar-refractivity contribution >= 4 is 18.5 Å². The molecule has 1 fully saturated rings. The highest BCUT2D eigenvalue weighted by atomic mass is 32.1. The average molecular weight is 272 g/mol. The Morgan fingerprint density at radius 3 is 2.22 bits per heavy atom. The van der Waals surface area contributed by atoms with Crippen LogP contribution in [0.1, 0.15) is 47.0 Å². The molecule has 0 unspecified atom stereocenters. The molecule has 0 spiro atoms. The van der Waals surface area contributed by atoms with Gasteiger partial charge in [0.15, 0.2) is 0 Å². The van der Waals surface area contributed by atoms with Crippen molar-refractivity contribution in [3.63, 3.8) is 0 Å². The normalized spacial score (nSPS) is 17.6. The smallest absolute Gasteiger partial charge is 0.220 e. The van der Waals surface area contributed by atoms with Crippen LogP contribution in [0.4, 0.5) is 0 Å². The minimum atomic E-state index is 0.189. The van der Waals surface area contributed by atoms with Gasteiger partial charge in [-0.3, -0.25) is 9.69 Å². The van der Waals surface area contributed by atoms with E-state index in [0.717, 1.165) is 31.7 Å². The van der Waals surface area contributed by atoms with Gasteiger partial charge in [0.1, 0.15) is 0 Å². The fourth-order valence-corrected chi connectivity index (χ4v) is 2.84. The van der Waals surface area contributed by atoms with Gasteiger partial charge < -0.3 is 5.32 Å². The van der Waals surface area contributed by atoms with E-state index in [1.54, 1.807) is 0 Å². The van der Waals surface area contributed by atoms with Gasteiger partial charge >= 0.3 is 0 Å². The van der Waals surface area contributed by atoms with E-state index < -0.39 is 0 Å². The second-order valence-electron chi connectivity index (χ2n) is 6.11. The Morgan fingerprint density at radius 2 is 1.83 bits per heavy atom. The minimum absolute atomic E-state index is 0.189. The number of hydrogen-bond acceptors (Lipinski definition) is 3. The highest BCUT2D eigenvalue weighted by Crippen LogP contribution is 2.49. The molecule has 0 atom stereocenters. The van der Waals surface area contributed by atoms with Gasteiger partial charge in [-0.15, -0.1) is 0 Å². The molecular weight excluding hydrogens is 244 g/mol. The topological polar surface area (TPSA) is 32.3 Å². The fourth-order valence-electron chi connectivity index (χ4n) is 2.41. The lowest BCUT2D eigenvalue weighted by atomic mass is 10.1. The van der Waals surface area contributed by atoms with E-state index in [0.29, 0.717) is 18.5 Å². The Kier molecular flexibility index (Phi) is 5.99. The molecule has 1 aliphatic rings. The van der Waals surface area contributed by atoms with Gasteiger partial charge in [-0.2, -0.15) is 12.6 Å². The zero-order valence-corrected chi connectivity index (χ0v) is 13.1. The summed E-state index contributed by atoms with van der Waals surface area (Å²) in [6.07, 6.45) is 2.97. The molecule has 1 aliphatic carbocycles. The summed E-state index contributed by atoms with van der Waals surface area (Å²) in [7, 11) is 0. The largest absolute Gasteiger partial charge is 0.355 e. The third-order valence-corrected chi connectivity index (χ3v) is 4.52. The standard InChI is InChI=1S/C14H28N2OS/c1-11(2)16(12(3)4)8-7-15-13(17)9-14(10-18)5-6-14/h11-12,18H,5-10H2,1-4H3,(H,15,17). The van der Waals surface area contributed by atoms with E-state index in [1.807, 2.05) is 0 Å². The quantitative estimate of drug-likeness (QED) is 0.665. The molecule has 0 heterocycles. The van der Waals surface area contributed by atoms with E-state index in [1.165, 1.54) is 0 Å². The van der Waals surface area contributed by atoms with Crippen molar-refractivity contribution in [1.29, 1.82) is 0 Å². The van der Waals surface area contributed by atoms with Crippen LogP contribution >= 0.6 is 12.6 Å². The van der Waals surface area contributed by atoms with E-state index in [-0.39, 0.29) is 11.3 Å². The Morgan fingerprint density at radius 1 is 1.28 bits per heavy atom. The van der Waals surface area contributed by atoms with Gasteiger partial charge in [-0.1, -0.05) is 0 Å². The molecule has 0 saturated heterocycles. The zero-order chi connectivity index (χ0) is 13.8. The van der Waals surface area contributed by atoms with Crippen LogP contribution in [0.2, 0.25) is 0 Å². The number of hydrogen-bond donors (Lipinski definition) is 2. The maximum atomic E-state index is 11.8. The average Bonchev–Trinajstić information content (AvgIpc) is 3.03. The molecule has 1 saturated carbocycles. The van der Waals surface area contributed by atoms with Crippen molar-refractivity contribution in [2.45, 2.75) is 59.0 Å². The van der Waals surface area contributed by atoms with Crippen molar-refractivity contribution in [2.75, 3.05) is 18.8 Å². The van der Waals surface area contributed by atoms with Crippen molar-refractivity contribution < 1.29 is 4.79 Å². The van der Waals surface area contributed by atoms with Gasteiger partial charge in [0.25, 0.3) is 0 Å². The Bertz CT molecular complexity index is 267. The van der Waals surface area contributed by atoms with Crippen LogP contribution in [-0.4, -0.2) is 41.7 Å². The van der Waals surface area contributed by atoms with Crippen molar-refractivity contribution in [3.05, 3.63) is 0 Å². The van der Waals surface area contributed by atoms with Gasteiger partial charge in [-0.25, -0.2) is 0 Å². The Balaban J connectivity index is 2.22. The number of nitrogens with zero attached hydrogens (tertiary/aromatic N) is 1. The molecule has 18 heavy (non-hydrogen) atoms. The Hall–Kier alpha value is -0.220. The number of carbonyl (C=O) groups excluding carboxylic acids is 1. The van der Waals surface area contributed by atoms with Gasteiger partial charge in [0.2, 0.25) is 5.91 Å². The van der Waals surface area contributed by atoms with Gasteiger partial charge in [-0.05, 0) is 51.7 Å². The van der Waals surface area contributed by atoms with E-state index in [9.17, 15) is 4.79 Å². The lowest BCUT2D eigenvalue weighted by Crippen LogP contribution is -2.42. The number of rotatable bonds is 8. The lowest BCUT2D eigenvalue weighted by Gasteiger charge is -2.30. The molecule has 0 aromatic rings. The Labute approximate surface area is 117 Å². The highest BCUT2D eigenvalue weighted by molar-refractivity contribution is 7.80. The second kappa shape index (κ2) is 6.80. The number of carbonyl (C=O) groups is 1. The third-order valence-electron chi connectivity index (χ3n) is 3.85. The predicted octanol–water partition coefficient (Wildman–Crippen LogP) is 2.32. The number of nitrogens with one attached hydrogen (secondary N) is 1. The van der Waals surface area contributed by atoms with E-state index in [4.69, 9.17) is 0 Å². The predicted molar refractivity (Wildman–Crippen MR) is 80.1 cm³/mol.